The van der Waals surface area contributed by atoms with E-state index < -0.39 is 0 Å². The van der Waals surface area contributed by atoms with E-state index >= 15 is 0 Å². The number of nitrogens with zero attached hydrogens (tertiary/aromatic N) is 3. The van der Waals surface area contributed by atoms with E-state index in [1.165, 1.54) is 11.3 Å². The molecule has 0 radical (unpaired) electrons. The normalized spacial score (nSPS) is 16.4. The van der Waals surface area contributed by atoms with Gasteiger partial charge in [-0.25, -0.2) is 4.98 Å². The van der Waals surface area contributed by atoms with Crippen molar-refractivity contribution >= 4 is 27.9 Å². The predicted molar refractivity (Wildman–Crippen MR) is 94.8 cm³/mol. The first-order chi connectivity index (χ1) is 11.1. The SMILES string of the molecule is Cc1nc(Nc2ccccc2)sc1C(=O)CN1CCN(C)CC1. The van der Waals surface area contributed by atoms with Crippen molar-refractivity contribution in [2.75, 3.05) is 45.1 Å². The van der Waals surface area contributed by atoms with E-state index in [1.807, 2.05) is 37.3 Å². The first-order valence-electron chi connectivity index (χ1n) is 7.85. The summed E-state index contributed by atoms with van der Waals surface area (Å²) in [7, 11) is 2.12. The summed E-state index contributed by atoms with van der Waals surface area (Å²) in [4.78, 5) is 22.3. The van der Waals surface area contributed by atoms with Gasteiger partial charge in [0.2, 0.25) is 0 Å². The number of para-hydroxylation sites is 1. The average Bonchev–Trinajstić information content (AvgIpc) is 2.91. The molecule has 6 heteroatoms. The van der Waals surface area contributed by atoms with Gasteiger partial charge in [0.05, 0.1) is 17.1 Å². The van der Waals surface area contributed by atoms with Crippen molar-refractivity contribution in [2.45, 2.75) is 6.92 Å². The second-order valence-electron chi connectivity index (χ2n) is 5.93. The monoisotopic (exact) mass is 330 g/mol. The molecule has 23 heavy (non-hydrogen) atoms. The first kappa shape index (κ1) is 16.1. The Hall–Kier alpha value is -1.76. The highest BCUT2D eigenvalue weighted by Gasteiger charge is 2.21. The van der Waals surface area contributed by atoms with E-state index in [0.717, 1.165) is 47.6 Å². The van der Waals surface area contributed by atoms with Crippen molar-refractivity contribution in [1.82, 2.24) is 14.8 Å². The molecule has 0 saturated carbocycles. The lowest BCUT2D eigenvalue weighted by Crippen LogP contribution is -2.46. The van der Waals surface area contributed by atoms with Gasteiger partial charge in [-0.15, -0.1) is 0 Å². The lowest BCUT2D eigenvalue weighted by Gasteiger charge is -2.31. The van der Waals surface area contributed by atoms with E-state index in [1.54, 1.807) is 0 Å². The third-order valence-corrected chi connectivity index (χ3v) is 5.15. The fourth-order valence-corrected chi connectivity index (χ4v) is 3.55. The zero-order chi connectivity index (χ0) is 16.2. The molecule has 0 unspecified atom stereocenters. The van der Waals surface area contributed by atoms with E-state index in [0.29, 0.717) is 6.54 Å². The molecule has 1 aromatic heterocycles. The Morgan fingerprint density at radius 2 is 1.91 bits per heavy atom. The summed E-state index contributed by atoms with van der Waals surface area (Å²) in [5.74, 6) is 0.172. The maximum Gasteiger partial charge on any atom is 0.188 e. The Balaban J connectivity index is 1.64. The van der Waals surface area contributed by atoms with Crippen LogP contribution in [-0.2, 0) is 0 Å². The van der Waals surface area contributed by atoms with Crippen LogP contribution in [0.2, 0.25) is 0 Å². The van der Waals surface area contributed by atoms with Gasteiger partial charge >= 0.3 is 0 Å². The molecule has 1 aliphatic rings. The minimum absolute atomic E-state index is 0.172. The summed E-state index contributed by atoms with van der Waals surface area (Å²) in [5, 5.41) is 4.04. The second-order valence-corrected chi connectivity index (χ2v) is 6.93. The number of ketones is 1. The van der Waals surface area contributed by atoms with Crippen LogP contribution in [0, 0.1) is 6.92 Å². The fraction of sp³-hybridized carbons (Fsp3) is 0.412. The third kappa shape index (κ3) is 4.16. The molecule has 122 valence electrons. The molecule has 5 nitrogen and oxygen atoms in total. The minimum atomic E-state index is 0.172. The number of benzene rings is 1. The zero-order valence-electron chi connectivity index (χ0n) is 13.6. The molecule has 3 rings (SSSR count). The number of aromatic nitrogens is 1. The number of anilines is 2. The number of carbonyl (C=O) groups is 1. The highest BCUT2D eigenvalue weighted by Crippen LogP contribution is 2.26. The van der Waals surface area contributed by atoms with Crippen molar-refractivity contribution in [3.8, 4) is 0 Å². The van der Waals surface area contributed by atoms with E-state index in [2.05, 4.69) is 27.1 Å². The Morgan fingerprint density at radius 1 is 1.22 bits per heavy atom. The maximum absolute atomic E-state index is 12.6. The molecule has 0 bridgehead atoms. The van der Waals surface area contributed by atoms with Gasteiger partial charge in [0.15, 0.2) is 10.9 Å². The minimum Gasteiger partial charge on any atom is -0.332 e. The molecule has 0 amide bonds. The van der Waals surface area contributed by atoms with Gasteiger partial charge in [0, 0.05) is 31.9 Å². The third-order valence-electron chi connectivity index (χ3n) is 4.04. The summed E-state index contributed by atoms with van der Waals surface area (Å²) >= 11 is 1.44. The molecule has 0 aliphatic carbocycles. The molecule has 0 atom stereocenters. The van der Waals surface area contributed by atoms with Crippen LogP contribution in [0.5, 0.6) is 0 Å². The zero-order valence-corrected chi connectivity index (χ0v) is 14.4. The van der Waals surface area contributed by atoms with Crippen LogP contribution in [0.3, 0.4) is 0 Å². The maximum atomic E-state index is 12.6. The predicted octanol–water partition coefficient (Wildman–Crippen LogP) is 2.63. The van der Waals surface area contributed by atoms with E-state index in [4.69, 9.17) is 0 Å². The number of nitrogens with one attached hydrogen (secondary N) is 1. The Bertz CT molecular complexity index is 662. The topological polar surface area (TPSA) is 48.5 Å². The van der Waals surface area contributed by atoms with Gasteiger partial charge < -0.3 is 10.2 Å². The number of hydrogen-bond donors (Lipinski definition) is 1. The number of hydrogen-bond acceptors (Lipinski definition) is 6. The number of carbonyl (C=O) groups excluding carboxylic acids is 1. The summed E-state index contributed by atoms with van der Waals surface area (Å²) < 4.78 is 0. The van der Waals surface area contributed by atoms with Gasteiger partial charge in [-0.3, -0.25) is 9.69 Å². The number of Topliss-reactive ketones (excluding diaryl/α,β-unsaturated/α-hetero) is 1. The second kappa shape index (κ2) is 7.21. The molecule has 2 heterocycles. The Morgan fingerprint density at radius 3 is 2.61 bits per heavy atom. The Kier molecular flexibility index (Phi) is 5.05. The highest BCUT2D eigenvalue weighted by atomic mass is 32.1. The molecule has 1 aromatic carbocycles. The molecule has 1 aliphatic heterocycles. The molecule has 1 N–H and O–H groups in total. The van der Waals surface area contributed by atoms with Crippen LogP contribution < -0.4 is 5.32 Å². The summed E-state index contributed by atoms with van der Waals surface area (Å²) in [6.07, 6.45) is 0. The van der Waals surface area contributed by atoms with Crippen molar-refractivity contribution in [3.05, 3.63) is 40.9 Å². The fourth-order valence-electron chi connectivity index (χ4n) is 2.63. The van der Waals surface area contributed by atoms with Crippen molar-refractivity contribution in [3.63, 3.8) is 0 Å². The molecule has 0 spiro atoms. The van der Waals surface area contributed by atoms with Crippen LogP contribution in [0.25, 0.3) is 0 Å². The van der Waals surface area contributed by atoms with Gasteiger partial charge in [-0.1, -0.05) is 29.5 Å². The Labute approximate surface area is 140 Å². The highest BCUT2D eigenvalue weighted by molar-refractivity contribution is 7.17. The smallest absolute Gasteiger partial charge is 0.188 e. The summed E-state index contributed by atoms with van der Waals surface area (Å²) in [6, 6.07) is 9.90. The lowest BCUT2D eigenvalue weighted by atomic mass is 10.2. The molecule has 1 fully saturated rings. The van der Waals surface area contributed by atoms with Crippen LogP contribution >= 0.6 is 11.3 Å². The van der Waals surface area contributed by atoms with E-state index in [9.17, 15) is 4.79 Å². The average molecular weight is 330 g/mol. The van der Waals surface area contributed by atoms with Gasteiger partial charge in [-0.2, -0.15) is 0 Å². The quantitative estimate of drug-likeness (QED) is 0.854. The molecular weight excluding hydrogens is 308 g/mol. The van der Waals surface area contributed by atoms with Crippen LogP contribution in [-0.4, -0.2) is 60.3 Å². The number of rotatable bonds is 5. The van der Waals surface area contributed by atoms with Crippen LogP contribution in [0.1, 0.15) is 15.4 Å². The largest absolute Gasteiger partial charge is 0.332 e. The standard InChI is InChI=1S/C17H22N4OS/c1-13-16(15(22)12-21-10-8-20(2)9-11-21)23-17(18-13)19-14-6-4-3-5-7-14/h3-7H,8-12H2,1-2H3,(H,18,19). The molecular formula is C17H22N4OS. The summed E-state index contributed by atoms with van der Waals surface area (Å²) in [5.41, 5.74) is 1.80. The number of thiazole rings is 1. The lowest BCUT2D eigenvalue weighted by molar-refractivity contribution is 0.0879. The van der Waals surface area contributed by atoms with Gasteiger partial charge in [-0.05, 0) is 26.1 Å². The van der Waals surface area contributed by atoms with Crippen molar-refractivity contribution in [1.29, 1.82) is 0 Å². The molecule has 1 saturated heterocycles. The van der Waals surface area contributed by atoms with Gasteiger partial charge in [0.1, 0.15) is 0 Å². The van der Waals surface area contributed by atoms with Crippen LogP contribution in [0.4, 0.5) is 10.8 Å². The van der Waals surface area contributed by atoms with Crippen molar-refractivity contribution in [2.24, 2.45) is 0 Å². The number of likely N-dealkylation sites (N-methyl/N-ethyl adjacent to an activating group) is 1. The van der Waals surface area contributed by atoms with Gasteiger partial charge in [0.25, 0.3) is 0 Å². The first-order valence-corrected chi connectivity index (χ1v) is 8.67. The summed E-state index contributed by atoms with van der Waals surface area (Å²) in [6.45, 7) is 6.35. The van der Waals surface area contributed by atoms with Crippen LogP contribution in [0.15, 0.2) is 30.3 Å². The van der Waals surface area contributed by atoms with Crippen molar-refractivity contribution < 1.29 is 4.79 Å². The number of piperazine rings is 1. The van der Waals surface area contributed by atoms with E-state index in [-0.39, 0.29) is 5.78 Å². The molecule has 2 aromatic rings. The number of aryl methyl sites for hydroxylation is 1.